The van der Waals surface area contributed by atoms with Crippen LogP contribution < -0.4 is 4.31 Å². The van der Waals surface area contributed by atoms with Gasteiger partial charge in [-0.2, -0.15) is 0 Å². The Morgan fingerprint density at radius 2 is 1.62 bits per heavy atom. The molecule has 0 unspecified atom stereocenters. The van der Waals surface area contributed by atoms with Crippen molar-refractivity contribution in [2.24, 2.45) is 0 Å². The summed E-state index contributed by atoms with van der Waals surface area (Å²) < 4.78 is 33.5. The van der Waals surface area contributed by atoms with Crippen molar-refractivity contribution in [2.45, 2.75) is 18.2 Å². The third kappa shape index (κ3) is 4.07. The van der Waals surface area contributed by atoms with Crippen LogP contribution in [0.15, 0.2) is 101 Å². The van der Waals surface area contributed by atoms with E-state index in [2.05, 4.69) is 4.98 Å². The zero-order valence-corrected chi connectivity index (χ0v) is 16.7. The van der Waals surface area contributed by atoms with Crippen LogP contribution in [-0.4, -0.2) is 13.4 Å². The molecule has 0 aliphatic heterocycles. The first kappa shape index (κ1) is 19.0. The molecule has 0 saturated heterocycles. The predicted molar refractivity (Wildman–Crippen MR) is 113 cm³/mol. The first-order valence-electron chi connectivity index (χ1n) is 9.17. The molecule has 0 saturated carbocycles. The summed E-state index contributed by atoms with van der Waals surface area (Å²) in [5, 5.41) is 0. The van der Waals surface area contributed by atoms with E-state index in [1.807, 2.05) is 55.5 Å². The molecule has 6 heteroatoms. The number of rotatable bonds is 6. The Morgan fingerprint density at radius 1 is 0.897 bits per heavy atom. The molecule has 0 aliphatic carbocycles. The highest BCUT2D eigenvalue weighted by atomic mass is 32.2. The van der Waals surface area contributed by atoms with Crippen LogP contribution in [0, 0.1) is 6.92 Å². The first-order chi connectivity index (χ1) is 14.0. The fraction of sp³-hybridized carbons (Fsp3) is 0.0870. The molecule has 1 heterocycles. The first-order valence-corrected chi connectivity index (χ1v) is 10.6. The molecule has 0 amide bonds. The maximum atomic E-state index is 13.5. The van der Waals surface area contributed by atoms with Crippen LogP contribution in [0.3, 0.4) is 0 Å². The van der Waals surface area contributed by atoms with Gasteiger partial charge >= 0.3 is 0 Å². The van der Waals surface area contributed by atoms with Crippen LogP contribution >= 0.6 is 0 Å². The van der Waals surface area contributed by atoms with Crippen LogP contribution in [0.4, 0.5) is 11.6 Å². The van der Waals surface area contributed by atoms with Crippen LogP contribution in [0.1, 0.15) is 16.7 Å². The van der Waals surface area contributed by atoms with Gasteiger partial charge in [0.25, 0.3) is 10.0 Å². The Kier molecular flexibility index (Phi) is 5.18. The fourth-order valence-corrected chi connectivity index (χ4v) is 4.54. The molecule has 1 aromatic heterocycles. The second-order valence-electron chi connectivity index (χ2n) is 6.75. The summed E-state index contributed by atoms with van der Waals surface area (Å²) in [6.07, 6.45) is 3.32. The molecule has 0 fully saturated rings. The Bertz CT molecular complexity index is 1190. The molecule has 3 aromatic carbocycles. The molecule has 0 spiro atoms. The van der Waals surface area contributed by atoms with E-state index in [0.717, 1.165) is 16.7 Å². The van der Waals surface area contributed by atoms with E-state index in [-0.39, 0.29) is 10.8 Å². The van der Waals surface area contributed by atoms with E-state index in [1.54, 1.807) is 30.3 Å². The Labute approximate surface area is 170 Å². The highest BCUT2D eigenvalue weighted by Crippen LogP contribution is 2.33. The van der Waals surface area contributed by atoms with Crippen molar-refractivity contribution < 1.29 is 12.8 Å². The van der Waals surface area contributed by atoms with Crippen molar-refractivity contribution in [2.75, 3.05) is 4.31 Å². The predicted octanol–water partition coefficient (Wildman–Crippen LogP) is 5.10. The molecule has 0 N–H and O–H groups in total. The van der Waals surface area contributed by atoms with Crippen LogP contribution in [0.2, 0.25) is 0 Å². The number of aryl methyl sites for hydroxylation is 1. The molecule has 0 bridgehead atoms. The second kappa shape index (κ2) is 7.93. The van der Waals surface area contributed by atoms with E-state index >= 15 is 0 Å². The average Bonchev–Trinajstić information content (AvgIpc) is 3.23. The van der Waals surface area contributed by atoms with Gasteiger partial charge < -0.3 is 4.42 Å². The van der Waals surface area contributed by atoms with Crippen molar-refractivity contribution in [1.82, 2.24) is 4.98 Å². The summed E-state index contributed by atoms with van der Waals surface area (Å²) in [6.45, 7) is 1.91. The minimum Gasteiger partial charge on any atom is -0.427 e. The van der Waals surface area contributed by atoms with Crippen LogP contribution in [0.5, 0.6) is 0 Å². The lowest BCUT2D eigenvalue weighted by atomic mass is 10.0. The van der Waals surface area contributed by atoms with Gasteiger partial charge in [-0.3, -0.25) is 0 Å². The van der Waals surface area contributed by atoms with Crippen molar-refractivity contribution in [1.29, 1.82) is 0 Å². The smallest absolute Gasteiger partial charge is 0.271 e. The topological polar surface area (TPSA) is 63.4 Å². The lowest BCUT2D eigenvalue weighted by Crippen LogP contribution is -2.26. The number of aromatic nitrogens is 1. The number of anilines is 2. The highest BCUT2D eigenvalue weighted by Gasteiger charge is 2.29. The number of oxazole rings is 1. The van der Waals surface area contributed by atoms with Gasteiger partial charge in [0, 0.05) is 0 Å². The van der Waals surface area contributed by atoms with Crippen molar-refractivity contribution >= 4 is 21.6 Å². The molecule has 4 aromatic rings. The Morgan fingerprint density at radius 3 is 2.31 bits per heavy atom. The van der Waals surface area contributed by atoms with Gasteiger partial charge in [-0.15, -0.1) is 0 Å². The lowest BCUT2D eigenvalue weighted by molar-refractivity contribution is 0.556. The number of hydrogen-bond donors (Lipinski definition) is 0. The monoisotopic (exact) mass is 404 g/mol. The van der Waals surface area contributed by atoms with Crippen LogP contribution in [0.25, 0.3) is 0 Å². The van der Waals surface area contributed by atoms with E-state index in [9.17, 15) is 8.42 Å². The summed E-state index contributed by atoms with van der Waals surface area (Å²) in [6, 6.07) is 24.2. The van der Waals surface area contributed by atoms with E-state index in [4.69, 9.17) is 4.42 Å². The minimum absolute atomic E-state index is 0.141. The van der Waals surface area contributed by atoms with Crippen molar-refractivity contribution in [3.8, 4) is 0 Å². The van der Waals surface area contributed by atoms with E-state index in [0.29, 0.717) is 12.1 Å². The molecule has 5 nitrogen and oxygen atoms in total. The Hall–Kier alpha value is -3.38. The number of hydrogen-bond acceptors (Lipinski definition) is 4. The maximum Gasteiger partial charge on any atom is 0.271 e. The molecule has 29 heavy (non-hydrogen) atoms. The molecule has 4 rings (SSSR count). The normalized spacial score (nSPS) is 11.3. The Balaban J connectivity index is 1.77. The molecule has 146 valence electrons. The quantitative estimate of drug-likeness (QED) is 0.448. The van der Waals surface area contributed by atoms with Gasteiger partial charge in [-0.05, 0) is 48.7 Å². The molecule has 0 atom stereocenters. The van der Waals surface area contributed by atoms with Gasteiger partial charge in [0.1, 0.15) is 0 Å². The van der Waals surface area contributed by atoms with Gasteiger partial charge in [0.2, 0.25) is 5.88 Å². The summed E-state index contributed by atoms with van der Waals surface area (Å²) >= 11 is 0. The second-order valence-corrected chi connectivity index (χ2v) is 8.54. The van der Waals surface area contributed by atoms with E-state index in [1.165, 1.54) is 16.9 Å². The molecular weight excluding hydrogens is 384 g/mol. The number of sulfonamides is 1. The molecular formula is C23H20N2O3S. The summed E-state index contributed by atoms with van der Waals surface area (Å²) in [4.78, 5) is 4.10. The molecule has 0 aliphatic rings. The lowest BCUT2D eigenvalue weighted by Gasteiger charge is -2.22. The number of benzene rings is 3. The van der Waals surface area contributed by atoms with Crippen molar-refractivity contribution in [3.63, 3.8) is 0 Å². The third-order valence-corrected chi connectivity index (χ3v) is 6.31. The minimum atomic E-state index is -3.88. The molecule has 0 radical (unpaired) electrons. The van der Waals surface area contributed by atoms with Crippen molar-refractivity contribution in [3.05, 3.63) is 108 Å². The van der Waals surface area contributed by atoms with Gasteiger partial charge in [0.05, 0.1) is 16.8 Å². The maximum absolute atomic E-state index is 13.5. The SMILES string of the molecule is Cc1ccc(S(=O)(=O)N(c2cccc(Cc3ccccc3)c2)c2cnco2)cc1. The van der Waals surface area contributed by atoms with Gasteiger partial charge in [-0.25, -0.2) is 17.7 Å². The number of nitrogens with zero attached hydrogens (tertiary/aromatic N) is 2. The third-order valence-electron chi connectivity index (χ3n) is 4.57. The summed E-state index contributed by atoms with van der Waals surface area (Å²) in [5.41, 5.74) is 3.63. The fourth-order valence-electron chi connectivity index (χ4n) is 3.13. The summed E-state index contributed by atoms with van der Waals surface area (Å²) in [5.74, 6) is 0.141. The van der Waals surface area contributed by atoms with Gasteiger partial charge in [0.15, 0.2) is 6.39 Å². The average molecular weight is 404 g/mol. The standard InChI is InChI=1S/C23H20N2O3S/c1-18-10-12-22(13-11-18)29(26,27)25(23-16-24-17-28-23)21-9-5-8-20(15-21)14-19-6-3-2-4-7-19/h2-13,15-17H,14H2,1H3. The highest BCUT2D eigenvalue weighted by molar-refractivity contribution is 7.93. The van der Waals surface area contributed by atoms with E-state index < -0.39 is 10.0 Å². The van der Waals surface area contributed by atoms with Gasteiger partial charge in [-0.1, -0.05) is 60.2 Å². The largest absolute Gasteiger partial charge is 0.427 e. The summed E-state index contributed by atoms with van der Waals surface area (Å²) in [7, 11) is -3.88. The zero-order valence-electron chi connectivity index (χ0n) is 15.9. The zero-order chi connectivity index (χ0) is 20.3. The van der Waals surface area contributed by atoms with Crippen LogP contribution in [-0.2, 0) is 16.4 Å².